The van der Waals surface area contributed by atoms with Gasteiger partial charge in [-0.05, 0) is 56.8 Å². The van der Waals surface area contributed by atoms with Crippen LogP contribution in [0.25, 0.3) is 10.8 Å². The third-order valence-electron chi connectivity index (χ3n) is 2.89. The number of amides is 1. The number of rotatable bonds is 2. The first-order valence-corrected chi connectivity index (χ1v) is 6.73. The molecule has 0 radical (unpaired) electrons. The Balaban J connectivity index is 2.31. The molecule has 2 aromatic rings. The number of fused-ring (bicyclic) bond motifs is 1. The van der Waals surface area contributed by atoms with Crippen LogP contribution < -0.4 is 10.1 Å². The lowest BCUT2D eigenvalue weighted by atomic mass is 10.1. The highest BCUT2D eigenvalue weighted by atomic mass is 16.6. The molecule has 2 rings (SSSR count). The fraction of sp³-hybridized carbons (Fsp3) is 0.375. The number of carbonyl (C=O) groups is 1. The quantitative estimate of drug-likeness (QED) is 0.910. The van der Waals surface area contributed by atoms with Gasteiger partial charge in [0.15, 0.2) is 0 Å². The summed E-state index contributed by atoms with van der Waals surface area (Å²) >= 11 is 0. The highest BCUT2D eigenvalue weighted by molar-refractivity contribution is 5.94. The van der Waals surface area contributed by atoms with E-state index in [1.165, 1.54) is 0 Å². The van der Waals surface area contributed by atoms with Gasteiger partial charge in [-0.15, -0.1) is 0 Å². The Kier molecular flexibility index (Phi) is 4.02. The van der Waals surface area contributed by atoms with Crippen molar-refractivity contribution < 1.29 is 14.3 Å². The van der Waals surface area contributed by atoms with Crippen molar-refractivity contribution in [2.75, 3.05) is 12.4 Å². The Morgan fingerprint density at radius 1 is 1.24 bits per heavy atom. The molecule has 0 saturated carbocycles. The van der Waals surface area contributed by atoms with Crippen LogP contribution in [0.1, 0.15) is 26.3 Å². The number of methoxy groups -OCH3 is 1. The van der Waals surface area contributed by atoms with E-state index in [4.69, 9.17) is 9.47 Å². The molecule has 1 N–H and O–H groups in total. The van der Waals surface area contributed by atoms with Crippen molar-refractivity contribution in [2.45, 2.75) is 33.3 Å². The number of aryl methyl sites for hydroxylation is 1. The zero-order valence-corrected chi connectivity index (χ0v) is 13.0. The maximum atomic E-state index is 11.8. The minimum atomic E-state index is -0.524. The average molecular weight is 288 g/mol. The van der Waals surface area contributed by atoms with Crippen molar-refractivity contribution in [3.63, 3.8) is 0 Å². The van der Waals surface area contributed by atoms with Gasteiger partial charge in [-0.1, -0.05) is 0 Å². The first-order chi connectivity index (χ1) is 9.80. The van der Waals surface area contributed by atoms with Crippen molar-refractivity contribution in [1.82, 2.24) is 4.98 Å². The molecule has 5 heteroatoms. The Bertz CT molecular complexity index is 675. The third-order valence-corrected chi connectivity index (χ3v) is 2.89. The van der Waals surface area contributed by atoms with E-state index in [2.05, 4.69) is 10.3 Å². The molecule has 112 valence electrons. The molecule has 0 spiro atoms. The molecular weight excluding hydrogens is 268 g/mol. The van der Waals surface area contributed by atoms with E-state index in [9.17, 15) is 4.79 Å². The van der Waals surface area contributed by atoms with Crippen LogP contribution in [0.4, 0.5) is 10.5 Å². The van der Waals surface area contributed by atoms with Crippen molar-refractivity contribution in [2.24, 2.45) is 0 Å². The van der Waals surface area contributed by atoms with Gasteiger partial charge in [0.1, 0.15) is 5.60 Å². The molecule has 0 unspecified atom stereocenters. The lowest BCUT2D eigenvalue weighted by Gasteiger charge is -2.19. The molecule has 5 nitrogen and oxygen atoms in total. The maximum absolute atomic E-state index is 11.8. The molecule has 1 aromatic heterocycles. The van der Waals surface area contributed by atoms with Crippen LogP contribution in [0.2, 0.25) is 0 Å². The number of nitrogens with zero attached hydrogens (tertiary/aromatic N) is 1. The lowest BCUT2D eigenvalue weighted by molar-refractivity contribution is 0.0636. The van der Waals surface area contributed by atoms with Gasteiger partial charge < -0.3 is 9.47 Å². The van der Waals surface area contributed by atoms with Crippen LogP contribution in [0.15, 0.2) is 24.4 Å². The normalized spacial score (nSPS) is 11.3. The molecule has 0 atom stereocenters. The zero-order chi connectivity index (χ0) is 15.6. The monoisotopic (exact) mass is 288 g/mol. The number of hydrogen-bond donors (Lipinski definition) is 1. The van der Waals surface area contributed by atoms with Gasteiger partial charge in [-0.2, -0.15) is 0 Å². The Morgan fingerprint density at radius 3 is 2.57 bits per heavy atom. The predicted octanol–water partition coefficient (Wildman–Crippen LogP) is 3.90. The van der Waals surface area contributed by atoms with Crippen molar-refractivity contribution in [3.05, 3.63) is 30.0 Å². The molecule has 0 saturated heterocycles. The van der Waals surface area contributed by atoms with Gasteiger partial charge in [-0.3, -0.25) is 5.32 Å². The number of nitrogens with one attached hydrogen (secondary N) is 1. The SMILES string of the molecule is COc1ncc(C)c2cc(NC(=O)OC(C)(C)C)ccc12. The minimum absolute atomic E-state index is 0.472. The summed E-state index contributed by atoms with van der Waals surface area (Å²) in [4.78, 5) is 16.0. The molecule has 0 fully saturated rings. The number of aromatic nitrogens is 1. The summed E-state index contributed by atoms with van der Waals surface area (Å²) < 4.78 is 10.5. The van der Waals surface area contributed by atoms with E-state index in [1.54, 1.807) is 19.4 Å². The van der Waals surface area contributed by atoms with Crippen LogP contribution in [0.3, 0.4) is 0 Å². The number of anilines is 1. The van der Waals surface area contributed by atoms with Gasteiger partial charge in [0.2, 0.25) is 5.88 Å². The van der Waals surface area contributed by atoms with Gasteiger partial charge in [-0.25, -0.2) is 9.78 Å². The topological polar surface area (TPSA) is 60.5 Å². The minimum Gasteiger partial charge on any atom is -0.481 e. The Morgan fingerprint density at radius 2 is 1.95 bits per heavy atom. The smallest absolute Gasteiger partial charge is 0.412 e. The lowest BCUT2D eigenvalue weighted by Crippen LogP contribution is -2.27. The number of carbonyl (C=O) groups excluding carboxylic acids is 1. The average Bonchev–Trinajstić information content (AvgIpc) is 2.37. The fourth-order valence-corrected chi connectivity index (χ4v) is 2.01. The molecule has 1 heterocycles. The molecular formula is C16H20N2O3. The molecule has 1 aromatic carbocycles. The van der Waals surface area contributed by atoms with E-state index in [1.807, 2.05) is 39.8 Å². The molecule has 0 aliphatic rings. The van der Waals surface area contributed by atoms with Crippen LogP contribution >= 0.6 is 0 Å². The molecule has 21 heavy (non-hydrogen) atoms. The summed E-state index contributed by atoms with van der Waals surface area (Å²) in [6.45, 7) is 7.45. The van der Waals surface area contributed by atoms with E-state index >= 15 is 0 Å². The number of benzene rings is 1. The van der Waals surface area contributed by atoms with E-state index < -0.39 is 11.7 Å². The zero-order valence-electron chi connectivity index (χ0n) is 13.0. The number of ether oxygens (including phenoxy) is 2. The van der Waals surface area contributed by atoms with Crippen LogP contribution in [-0.2, 0) is 4.74 Å². The van der Waals surface area contributed by atoms with Crippen molar-refractivity contribution >= 4 is 22.6 Å². The summed E-state index contributed by atoms with van der Waals surface area (Å²) in [6, 6.07) is 5.57. The van der Waals surface area contributed by atoms with E-state index in [0.717, 1.165) is 16.3 Å². The summed E-state index contributed by atoms with van der Waals surface area (Å²) in [7, 11) is 1.59. The van der Waals surface area contributed by atoms with Gasteiger partial charge in [0.05, 0.1) is 7.11 Å². The maximum Gasteiger partial charge on any atom is 0.412 e. The van der Waals surface area contributed by atoms with Crippen molar-refractivity contribution in [3.8, 4) is 5.88 Å². The Hall–Kier alpha value is -2.30. The molecule has 0 aliphatic carbocycles. The molecule has 0 bridgehead atoms. The predicted molar refractivity (Wildman–Crippen MR) is 82.9 cm³/mol. The molecule has 1 amide bonds. The number of pyridine rings is 1. The second kappa shape index (κ2) is 5.60. The van der Waals surface area contributed by atoms with Gasteiger partial charge in [0, 0.05) is 17.3 Å². The van der Waals surface area contributed by atoms with Crippen LogP contribution in [0.5, 0.6) is 5.88 Å². The second-order valence-corrected chi connectivity index (χ2v) is 5.84. The first-order valence-electron chi connectivity index (χ1n) is 6.73. The summed E-state index contributed by atoms with van der Waals surface area (Å²) in [6.07, 6.45) is 1.28. The first kappa shape index (κ1) is 15.1. The standard InChI is InChI=1S/C16H20N2O3/c1-10-9-17-14(20-5)12-7-6-11(8-13(10)12)18-15(19)21-16(2,3)4/h6-9H,1-5H3,(H,18,19). The van der Waals surface area contributed by atoms with E-state index in [0.29, 0.717) is 11.6 Å². The highest BCUT2D eigenvalue weighted by Gasteiger charge is 2.16. The summed E-state index contributed by atoms with van der Waals surface area (Å²) in [5.41, 5.74) is 1.16. The second-order valence-electron chi connectivity index (χ2n) is 5.84. The van der Waals surface area contributed by atoms with Crippen LogP contribution in [0, 0.1) is 6.92 Å². The van der Waals surface area contributed by atoms with Crippen molar-refractivity contribution in [1.29, 1.82) is 0 Å². The molecule has 0 aliphatic heterocycles. The van der Waals surface area contributed by atoms with Crippen LogP contribution in [-0.4, -0.2) is 23.8 Å². The summed E-state index contributed by atoms with van der Waals surface area (Å²) in [5.74, 6) is 0.569. The summed E-state index contributed by atoms with van der Waals surface area (Å²) in [5, 5.41) is 4.62. The fourth-order valence-electron chi connectivity index (χ4n) is 2.01. The van der Waals surface area contributed by atoms with Gasteiger partial charge in [0.25, 0.3) is 0 Å². The Labute approximate surface area is 124 Å². The number of hydrogen-bond acceptors (Lipinski definition) is 4. The van der Waals surface area contributed by atoms with Gasteiger partial charge >= 0.3 is 6.09 Å². The largest absolute Gasteiger partial charge is 0.481 e. The third kappa shape index (κ3) is 3.62. The van der Waals surface area contributed by atoms with E-state index in [-0.39, 0.29) is 0 Å². The highest BCUT2D eigenvalue weighted by Crippen LogP contribution is 2.28.